The number of benzene rings is 3. The fraction of sp³-hybridized carbons (Fsp3) is 0.136. The predicted molar refractivity (Wildman–Crippen MR) is 114 cm³/mol. The summed E-state index contributed by atoms with van der Waals surface area (Å²) in [6.07, 6.45) is 0.529. The topological polar surface area (TPSA) is 16.1 Å². The van der Waals surface area contributed by atoms with E-state index in [1.54, 1.807) is 17.6 Å². The first-order valence-corrected chi connectivity index (χ1v) is 9.85. The average Bonchev–Trinajstić information content (AvgIpc) is 3.10. The fourth-order valence-electron chi connectivity index (χ4n) is 3.20. The SMILES string of the molecule is CN(C)c1ccc(Cc2cc3scnc3c(-c3cccc(Cl)c3)c2F)cc1. The van der Waals surface area contributed by atoms with Crippen molar-refractivity contribution in [2.24, 2.45) is 0 Å². The molecule has 0 fully saturated rings. The molecule has 0 bridgehead atoms. The summed E-state index contributed by atoms with van der Waals surface area (Å²) < 4.78 is 16.5. The molecule has 0 N–H and O–H groups in total. The first kappa shape index (κ1) is 18.0. The number of thiazole rings is 1. The van der Waals surface area contributed by atoms with Crippen LogP contribution in [0, 0.1) is 5.82 Å². The quantitative estimate of drug-likeness (QED) is 0.396. The molecule has 0 atom stereocenters. The minimum absolute atomic E-state index is 0.229. The zero-order valence-corrected chi connectivity index (χ0v) is 16.6. The lowest BCUT2D eigenvalue weighted by Crippen LogP contribution is -2.08. The van der Waals surface area contributed by atoms with Gasteiger partial charge in [-0.05, 0) is 47.0 Å². The Morgan fingerprint density at radius 3 is 2.56 bits per heavy atom. The molecule has 3 aromatic carbocycles. The molecule has 0 radical (unpaired) electrons. The Morgan fingerprint density at radius 1 is 1.07 bits per heavy atom. The summed E-state index contributed by atoms with van der Waals surface area (Å²) >= 11 is 7.66. The van der Waals surface area contributed by atoms with Gasteiger partial charge in [0, 0.05) is 36.8 Å². The number of nitrogens with zero attached hydrogens (tertiary/aromatic N) is 2. The average molecular weight is 397 g/mol. The Labute approximate surface area is 166 Å². The lowest BCUT2D eigenvalue weighted by Gasteiger charge is -2.14. The third-order valence-corrected chi connectivity index (χ3v) is 5.61. The standard InChI is InChI=1S/C22H18ClFN2S/c1-26(2)18-8-6-14(7-9-18)10-16-12-19-22(25-13-27-19)20(21(16)24)15-4-3-5-17(23)11-15/h3-9,11-13H,10H2,1-2H3. The van der Waals surface area contributed by atoms with Gasteiger partial charge in [-0.2, -0.15) is 0 Å². The number of fused-ring (bicyclic) bond motifs is 1. The van der Waals surface area contributed by atoms with Crippen LogP contribution in [0.1, 0.15) is 11.1 Å². The number of anilines is 1. The van der Waals surface area contributed by atoms with Crippen molar-refractivity contribution in [3.8, 4) is 11.1 Å². The van der Waals surface area contributed by atoms with Crippen molar-refractivity contribution in [3.05, 3.63) is 82.1 Å². The maximum atomic E-state index is 15.5. The van der Waals surface area contributed by atoms with Crippen LogP contribution in [0.2, 0.25) is 5.02 Å². The second-order valence-corrected chi connectivity index (χ2v) is 7.99. The molecule has 0 amide bonds. The molecule has 0 saturated heterocycles. The van der Waals surface area contributed by atoms with Crippen LogP contribution < -0.4 is 4.90 Å². The zero-order valence-electron chi connectivity index (χ0n) is 15.0. The Kier molecular flexibility index (Phi) is 4.85. The highest BCUT2D eigenvalue weighted by atomic mass is 35.5. The van der Waals surface area contributed by atoms with Gasteiger partial charge in [-0.25, -0.2) is 9.37 Å². The van der Waals surface area contributed by atoms with E-state index < -0.39 is 0 Å². The molecule has 0 spiro atoms. The van der Waals surface area contributed by atoms with Gasteiger partial charge >= 0.3 is 0 Å². The van der Waals surface area contributed by atoms with E-state index in [4.69, 9.17) is 11.6 Å². The fourth-order valence-corrected chi connectivity index (χ4v) is 4.14. The van der Waals surface area contributed by atoms with Crippen molar-refractivity contribution in [3.63, 3.8) is 0 Å². The second-order valence-electron chi connectivity index (χ2n) is 6.67. The van der Waals surface area contributed by atoms with Crippen LogP contribution in [0.15, 0.2) is 60.1 Å². The molecule has 0 unspecified atom stereocenters. The van der Waals surface area contributed by atoms with E-state index in [1.165, 1.54) is 11.3 Å². The molecule has 4 aromatic rings. The van der Waals surface area contributed by atoms with Crippen molar-refractivity contribution >= 4 is 38.8 Å². The molecule has 2 nitrogen and oxygen atoms in total. The van der Waals surface area contributed by atoms with Gasteiger partial charge in [0.15, 0.2) is 0 Å². The molecule has 0 aliphatic rings. The van der Waals surface area contributed by atoms with Crippen LogP contribution in [-0.2, 0) is 6.42 Å². The van der Waals surface area contributed by atoms with Crippen LogP contribution in [0.3, 0.4) is 0 Å². The maximum Gasteiger partial charge on any atom is 0.136 e. The van der Waals surface area contributed by atoms with Crippen LogP contribution >= 0.6 is 22.9 Å². The lowest BCUT2D eigenvalue weighted by molar-refractivity contribution is 0.619. The van der Waals surface area contributed by atoms with E-state index in [-0.39, 0.29) is 5.82 Å². The van der Waals surface area contributed by atoms with Gasteiger partial charge in [-0.1, -0.05) is 35.9 Å². The number of hydrogen-bond acceptors (Lipinski definition) is 3. The van der Waals surface area contributed by atoms with E-state index >= 15 is 4.39 Å². The van der Waals surface area contributed by atoms with Crippen molar-refractivity contribution in [1.82, 2.24) is 4.98 Å². The first-order chi connectivity index (χ1) is 13.0. The van der Waals surface area contributed by atoms with Crippen molar-refractivity contribution in [2.75, 3.05) is 19.0 Å². The Hall–Kier alpha value is -2.43. The molecule has 1 aromatic heterocycles. The molecular weight excluding hydrogens is 379 g/mol. The number of rotatable bonds is 4. The lowest BCUT2D eigenvalue weighted by atomic mass is 9.97. The van der Waals surface area contributed by atoms with Gasteiger partial charge in [0.1, 0.15) is 5.82 Å². The Bertz CT molecular complexity index is 1100. The molecule has 136 valence electrons. The van der Waals surface area contributed by atoms with Crippen LogP contribution in [-0.4, -0.2) is 19.1 Å². The zero-order chi connectivity index (χ0) is 19.0. The highest BCUT2D eigenvalue weighted by Gasteiger charge is 2.18. The summed E-state index contributed by atoms with van der Waals surface area (Å²) in [5.74, 6) is -0.229. The molecule has 0 saturated carbocycles. The van der Waals surface area contributed by atoms with Gasteiger partial charge < -0.3 is 4.90 Å². The maximum absolute atomic E-state index is 15.5. The number of halogens is 2. The molecular formula is C22H18ClFN2S. The summed E-state index contributed by atoms with van der Waals surface area (Å²) in [5, 5.41) is 0.583. The summed E-state index contributed by atoms with van der Waals surface area (Å²) in [6, 6.07) is 17.4. The summed E-state index contributed by atoms with van der Waals surface area (Å²) in [4.78, 5) is 6.44. The normalized spacial score (nSPS) is 11.1. The Morgan fingerprint density at radius 2 is 1.85 bits per heavy atom. The van der Waals surface area contributed by atoms with E-state index in [2.05, 4.69) is 17.1 Å². The number of hydrogen-bond donors (Lipinski definition) is 0. The van der Waals surface area contributed by atoms with E-state index in [0.29, 0.717) is 28.1 Å². The van der Waals surface area contributed by atoms with Gasteiger partial charge in [0.25, 0.3) is 0 Å². The highest BCUT2D eigenvalue weighted by molar-refractivity contribution is 7.16. The smallest absolute Gasteiger partial charge is 0.136 e. The summed E-state index contributed by atoms with van der Waals surface area (Å²) in [6.45, 7) is 0. The third kappa shape index (κ3) is 3.55. The molecule has 0 aliphatic carbocycles. The van der Waals surface area contributed by atoms with E-state index in [1.807, 2.05) is 49.3 Å². The van der Waals surface area contributed by atoms with E-state index in [0.717, 1.165) is 21.5 Å². The van der Waals surface area contributed by atoms with Crippen molar-refractivity contribution in [2.45, 2.75) is 6.42 Å². The Balaban J connectivity index is 1.81. The predicted octanol–water partition coefficient (Wildman–Crippen LogP) is 6.41. The summed E-state index contributed by atoms with van der Waals surface area (Å²) in [7, 11) is 4.01. The van der Waals surface area contributed by atoms with Crippen LogP contribution in [0.4, 0.5) is 10.1 Å². The monoisotopic (exact) mass is 396 g/mol. The highest BCUT2D eigenvalue weighted by Crippen LogP contribution is 2.36. The van der Waals surface area contributed by atoms with Crippen LogP contribution in [0.25, 0.3) is 21.3 Å². The minimum Gasteiger partial charge on any atom is -0.378 e. The number of aromatic nitrogens is 1. The van der Waals surface area contributed by atoms with Gasteiger partial charge in [-0.3, -0.25) is 0 Å². The van der Waals surface area contributed by atoms with Gasteiger partial charge in [0.05, 0.1) is 15.7 Å². The van der Waals surface area contributed by atoms with Crippen molar-refractivity contribution in [1.29, 1.82) is 0 Å². The van der Waals surface area contributed by atoms with Gasteiger partial charge in [-0.15, -0.1) is 11.3 Å². The molecule has 4 rings (SSSR count). The third-order valence-electron chi connectivity index (χ3n) is 4.60. The molecule has 1 heterocycles. The van der Waals surface area contributed by atoms with Crippen LogP contribution in [0.5, 0.6) is 0 Å². The largest absolute Gasteiger partial charge is 0.378 e. The first-order valence-electron chi connectivity index (χ1n) is 8.59. The molecule has 0 aliphatic heterocycles. The summed E-state index contributed by atoms with van der Waals surface area (Å²) in [5.41, 5.74) is 6.58. The molecule has 5 heteroatoms. The second kappa shape index (κ2) is 7.29. The molecule has 27 heavy (non-hydrogen) atoms. The minimum atomic E-state index is -0.229. The van der Waals surface area contributed by atoms with Gasteiger partial charge in [0.2, 0.25) is 0 Å². The van der Waals surface area contributed by atoms with E-state index in [9.17, 15) is 0 Å². The van der Waals surface area contributed by atoms with Crippen molar-refractivity contribution < 1.29 is 4.39 Å².